The summed E-state index contributed by atoms with van der Waals surface area (Å²) in [6, 6.07) is 5.37. The average molecular weight is 413 g/mol. The largest absolute Gasteiger partial charge is 0.496 e. The van der Waals surface area contributed by atoms with E-state index in [0.717, 1.165) is 47.2 Å². The summed E-state index contributed by atoms with van der Waals surface area (Å²) in [6.45, 7) is 2.26. The van der Waals surface area contributed by atoms with E-state index < -0.39 is 0 Å². The minimum Gasteiger partial charge on any atom is -0.496 e. The molecular formula is C21H23N3O4S. The van der Waals surface area contributed by atoms with E-state index in [0.29, 0.717) is 12.3 Å². The van der Waals surface area contributed by atoms with Crippen LogP contribution in [0.4, 0.5) is 0 Å². The van der Waals surface area contributed by atoms with Crippen LogP contribution in [-0.4, -0.2) is 48.7 Å². The van der Waals surface area contributed by atoms with Crippen molar-refractivity contribution in [2.45, 2.75) is 13.0 Å². The van der Waals surface area contributed by atoms with E-state index in [1.54, 1.807) is 38.0 Å². The van der Waals surface area contributed by atoms with Crippen LogP contribution in [0.25, 0.3) is 10.5 Å². The fourth-order valence-electron chi connectivity index (χ4n) is 3.60. The van der Waals surface area contributed by atoms with Gasteiger partial charge in [0.05, 0.1) is 32.6 Å². The number of rotatable bonds is 6. The fourth-order valence-corrected chi connectivity index (χ4v) is 4.34. The molecule has 0 N–H and O–H groups in total. The van der Waals surface area contributed by atoms with Crippen LogP contribution < -0.4 is 19.8 Å². The summed E-state index contributed by atoms with van der Waals surface area (Å²) in [5.74, 6) is 2.17. The third-order valence-corrected chi connectivity index (χ3v) is 5.83. The molecule has 4 rings (SSSR count). The molecule has 3 heterocycles. The van der Waals surface area contributed by atoms with E-state index >= 15 is 0 Å². The predicted octanol–water partition coefficient (Wildman–Crippen LogP) is 3.07. The minimum atomic E-state index is -0.0350. The zero-order valence-electron chi connectivity index (χ0n) is 16.7. The van der Waals surface area contributed by atoms with Gasteiger partial charge in [-0.25, -0.2) is 4.98 Å². The quantitative estimate of drug-likeness (QED) is 0.619. The Kier molecular flexibility index (Phi) is 5.55. The van der Waals surface area contributed by atoms with Gasteiger partial charge in [0.2, 0.25) is 0 Å². The summed E-state index contributed by atoms with van der Waals surface area (Å²) < 4.78 is 18.1. The van der Waals surface area contributed by atoms with Crippen LogP contribution in [-0.2, 0) is 6.54 Å². The molecule has 0 bridgehead atoms. The van der Waals surface area contributed by atoms with Gasteiger partial charge in [0.1, 0.15) is 17.2 Å². The van der Waals surface area contributed by atoms with E-state index in [4.69, 9.17) is 14.2 Å². The lowest BCUT2D eigenvalue weighted by molar-refractivity contribution is 0.289. The highest BCUT2D eigenvalue weighted by Gasteiger charge is 2.21. The number of hydrogen-bond donors (Lipinski definition) is 0. The molecule has 0 aliphatic carbocycles. The first kappa shape index (κ1) is 19.5. The lowest BCUT2D eigenvalue weighted by Crippen LogP contribution is -2.29. The molecular weight excluding hydrogens is 390 g/mol. The molecule has 1 aliphatic heterocycles. The lowest BCUT2D eigenvalue weighted by atomic mass is 9.97. The molecule has 0 radical (unpaired) electrons. The Labute approximate surface area is 172 Å². The number of aromatic nitrogens is 2. The summed E-state index contributed by atoms with van der Waals surface area (Å²) in [6.07, 6.45) is 4.79. The first-order chi connectivity index (χ1) is 14.1. The molecule has 152 valence electrons. The normalized spacial score (nSPS) is 14.7. The van der Waals surface area contributed by atoms with Crippen LogP contribution in [0.3, 0.4) is 0 Å². The van der Waals surface area contributed by atoms with E-state index in [1.807, 2.05) is 17.5 Å². The highest BCUT2D eigenvalue weighted by molar-refractivity contribution is 7.15. The number of hydrogen-bond acceptors (Lipinski definition) is 7. The van der Waals surface area contributed by atoms with Crippen molar-refractivity contribution in [1.82, 2.24) is 14.3 Å². The number of thiazole rings is 1. The van der Waals surface area contributed by atoms with Crippen molar-refractivity contribution < 1.29 is 14.2 Å². The van der Waals surface area contributed by atoms with Crippen molar-refractivity contribution in [3.63, 3.8) is 0 Å². The van der Waals surface area contributed by atoms with Gasteiger partial charge in [-0.2, -0.15) is 0 Å². The second kappa shape index (κ2) is 8.26. The Bertz CT molecular complexity index is 1090. The van der Waals surface area contributed by atoms with Gasteiger partial charge in [-0.1, -0.05) is 6.08 Å². The third-order valence-electron chi connectivity index (χ3n) is 5.07. The van der Waals surface area contributed by atoms with Crippen molar-refractivity contribution >= 4 is 21.9 Å². The Morgan fingerprint density at radius 1 is 1.10 bits per heavy atom. The zero-order valence-corrected chi connectivity index (χ0v) is 17.5. The molecule has 2 aromatic heterocycles. The van der Waals surface area contributed by atoms with Crippen molar-refractivity contribution in [2.75, 3.05) is 34.4 Å². The number of fused-ring (bicyclic) bond motifs is 1. The van der Waals surface area contributed by atoms with Gasteiger partial charge in [0, 0.05) is 49.4 Å². The molecule has 0 fully saturated rings. The second-order valence-corrected chi connectivity index (χ2v) is 7.64. The second-order valence-electron chi connectivity index (χ2n) is 6.76. The van der Waals surface area contributed by atoms with Crippen molar-refractivity contribution in [3.05, 3.63) is 57.5 Å². The molecule has 0 saturated carbocycles. The summed E-state index contributed by atoms with van der Waals surface area (Å²) in [4.78, 5) is 19.8. The molecule has 0 amide bonds. The lowest BCUT2D eigenvalue weighted by Gasteiger charge is -2.27. The Hall–Kier alpha value is -2.84. The van der Waals surface area contributed by atoms with Gasteiger partial charge in [-0.3, -0.25) is 14.1 Å². The van der Waals surface area contributed by atoms with Crippen LogP contribution in [0, 0.1) is 0 Å². The van der Waals surface area contributed by atoms with Crippen molar-refractivity contribution in [3.8, 4) is 17.2 Å². The van der Waals surface area contributed by atoms with Gasteiger partial charge in [0.25, 0.3) is 5.56 Å². The van der Waals surface area contributed by atoms with Gasteiger partial charge in [0.15, 0.2) is 4.96 Å². The first-order valence-corrected chi connectivity index (χ1v) is 10.2. The Morgan fingerprint density at radius 3 is 2.48 bits per heavy atom. The van der Waals surface area contributed by atoms with Gasteiger partial charge in [-0.05, 0) is 12.0 Å². The third kappa shape index (κ3) is 3.86. The fraction of sp³-hybridized carbons (Fsp3) is 0.333. The molecule has 29 heavy (non-hydrogen) atoms. The van der Waals surface area contributed by atoms with Crippen LogP contribution >= 0.6 is 11.3 Å². The Balaban J connectivity index is 1.56. The molecule has 7 nitrogen and oxygen atoms in total. The number of benzene rings is 1. The Morgan fingerprint density at radius 2 is 1.86 bits per heavy atom. The summed E-state index contributed by atoms with van der Waals surface area (Å²) in [5.41, 5.74) is 2.91. The maximum Gasteiger partial charge on any atom is 0.258 e. The number of ether oxygens (including phenoxy) is 3. The molecule has 1 aromatic carbocycles. The number of nitrogens with zero attached hydrogens (tertiary/aromatic N) is 3. The van der Waals surface area contributed by atoms with Crippen molar-refractivity contribution in [2.24, 2.45) is 0 Å². The molecule has 0 saturated heterocycles. The van der Waals surface area contributed by atoms with Crippen LogP contribution in [0.5, 0.6) is 17.2 Å². The smallest absolute Gasteiger partial charge is 0.258 e. The summed E-state index contributed by atoms with van der Waals surface area (Å²) >= 11 is 1.47. The van der Waals surface area contributed by atoms with Gasteiger partial charge in [-0.15, -0.1) is 11.3 Å². The standard InChI is InChI=1S/C21H23N3O4S/c1-26-16-11-17(27-2)20(18(12-16)28-3)14-4-6-23(7-5-14)13-15-10-19(25)24-8-9-29-21(24)22-15/h4,8-12H,5-7,13H2,1-3H3. The van der Waals surface area contributed by atoms with Crippen LogP contribution in [0.2, 0.25) is 0 Å². The maximum atomic E-state index is 12.2. The zero-order chi connectivity index (χ0) is 20.4. The predicted molar refractivity (Wildman–Crippen MR) is 113 cm³/mol. The molecule has 0 atom stereocenters. The average Bonchev–Trinajstić information content (AvgIpc) is 3.22. The van der Waals surface area contributed by atoms with E-state index in [1.165, 1.54) is 16.9 Å². The highest BCUT2D eigenvalue weighted by atomic mass is 32.1. The summed E-state index contributed by atoms with van der Waals surface area (Å²) in [7, 11) is 4.93. The monoisotopic (exact) mass is 413 g/mol. The van der Waals surface area contributed by atoms with Gasteiger partial charge >= 0.3 is 0 Å². The highest BCUT2D eigenvalue weighted by Crippen LogP contribution is 2.40. The SMILES string of the molecule is COc1cc(OC)c(C2=CCN(Cc3cc(=O)n4ccsc4n3)CC2)c(OC)c1. The molecule has 3 aromatic rings. The topological polar surface area (TPSA) is 65.3 Å². The van der Waals surface area contributed by atoms with E-state index in [2.05, 4.69) is 16.0 Å². The molecule has 1 aliphatic rings. The minimum absolute atomic E-state index is 0.0350. The molecule has 0 spiro atoms. The summed E-state index contributed by atoms with van der Waals surface area (Å²) in [5, 5.41) is 1.87. The molecule has 8 heteroatoms. The van der Waals surface area contributed by atoms with Crippen molar-refractivity contribution in [1.29, 1.82) is 0 Å². The molecule has 0 unspecified atom stereocenters. The van der Waals surface area contributed by atoms with Crippen LogP contribution in [0.15, 0.2) is 40.6 Å². The van der Waals surface area contributed by atoms with E-state index in [9.17, 15) is 4.79 Å². The van der Waals surface area contributed by atoms with E-state index in [-0.39, 0.29) is 5.56 Å². The first-order valence-electron chi connectivity index (χ1n) is 9.30. The van der Waals surface area contributed by atoms with Gasteiger partial charge < -0.3 is 14.2 Å². The maximum absolute atomic E-state index is 12.2. The number of methoxy groups -OCH3 is 3. The van der Waals surface area contributed by atoms with Crippen LogP contribution in [0.1, 0.15) is 17.7 Å².